The van der Waals surface area contributed by atoms with Gasteiger partial charge in [0.1, 0.15) is 0 Å². The first-order valence-corrected chi connectivity index (χ1v) is 11.1. The Kier molecular flexibility index (Phi) is 6.03. The van der Waals surface area contributed by atoms with Crippen molar-refractivity contribution in [1.29, 1.82) is 0 Å². The van der Waals surface area contributed by atoms with Crippen molar-refractivity contribution in [3.8, 4) is 11.5 Å². The number of sulfonamides is 1. The number of nitrogens with one attached hydrogen (secondary N) is 2. The average Bonchev–Trinajstić information content (AvgIpc) is 3.42. The molecule has 4 rings (SSSR count). The van der Waals surface area contributed by atoms with Gasteiger partial charge >= 0.3 is 0 Å². The summed E-state index contributed by atoms with van der Waals surface area (Å²) >= 11 is 0. The van der Waals surface area contributed by atoms with E-state index in [2.05, 4.69) is 10.0 Å². The molecule has 0 saturated carbocycles. The number of amides is 1. The minimum Gasteiger partial charge on any atom is -0.454 e. The molecule has 2 aromatic carbocycles. The molecule has 1 saturated heterocycles. The van der Waals surface area contributed by atoms with Crippen LogP contribution in [0.15, 0.2) is 53.4 Å². The SMILES string of the molecule is O=C(/C=C/c1ccc2c(c1)OCO2)Nc1ccc(S(=O)(=O)NC[C@@H]2CCCO2)cc1. The standard InChI is InChI=1S/C21H22N2O6S/c24-21(10-4-15-3-9-19-20(12-15)29-14-28-19)23-16-5-7-18(8-6-16)30(25,26)22-13-17-2-1-11-27-17/h3-10,12,17,22H,1-2,11,13-14H2,(H,23,24)/b10-4+/t17-/m0/s1. The first-order chi connectivity index (χ1) is 14.5. The second kappa shape index (κ2) is 8.86. The lowest BCUT2D eigenvalue weighted by atomic mass is 10.2. The highest BCUT2D eigenvalue weighted by atomic mass is 32.2. The summed E-state index contributed by atoms with van der Waals surface area (Å²) in [5, 5.41) is 2.70. The van der Waals surface area contributed by atoms with Gasteiger partial charge in [0.05, 0.1) is 11.0 Å². The number of fused-ring (bicyclic) bond motifs is 1. The van der Waals surface area contributed by atoms with Gasteiger partial charge in [0.2, 0.25) is 22.7 Å². The lowest BCUT2D eigenvalue weighted by molar-refractivity contribution is -0.111. The second-order valence-corrected chi connectivity index (χ2v) is 8.71. The van der Waals surface area contributed by atoms with Crippen molar-refractivity contribution in [3.63, 3.8) is 0 Å². The van der Waals surface area contributed by atoms with E-state index in [9.17, 15) is 13.2 Å². The number of ether oxygens (including phenoxy) is 3. The molecule has 2 aliphatic heterocycles. The molecule has 0 bridgehead atoms. The smallest absolute Gasteiger partial charge is 0.248 e. The van der Waals surface area contributed by atoms with Crippen molar-refractivity contribution in [2.45, 2.75) is 23.8 Å². The fraction of sp³-hybridized carbons (Fsp3) is 0.286. The summed E-state index contributed by atoms with van der Waals surface area (Å²) in [6, 6.07) is 11.4. The normalized spacial score (nSPS) is 18.1. The minimum atomic E-state index is -3.62. The quantitative estimate of drug-likeness (QED) is 0.655. The molecule has 2 heterocycles. The summed E-state index contributed by atoms with van der Waals surface area (Å²) in [6.45, 7) is 1.12. The van der Waals surface area contributed by atoms with Crippen molar-refractivity contribution in [3.05, 3.63) is 54.1 Å². The molecule has 0 radical (unpaired) electrons. The molecule has 1 atom stereocenters. The Morgan fingerprint density at radius 3 is 2.67 bits per heavy atom. The van der Waals surface area contributed by atoms with E-state index in [1.165, 1.54) is 18.2 Å². The molecule has 2 N–H and O–H groups in total. The molecule has 0 spiro atoms. The molecule has 9 heteroatoms. The molecule has 8 nitrogen and oxygen atoms in total. The van der Waals surface area contributed by atoms with Crippen LogP contribution in [-0.2, 0) is 19.6 Å². The average molecular weight is 430 g/mol. The lowest BCUT2D eigenvalue weighted by Gasteiger charge is -2.11. The number of hydrogen-bond donors (Lipinski definition) is 2. The number of carbonyl (C=O) groups is 1. The molecular weight excluding hydrogens is 408 g/mol. The summed E-state index contributed by atoms with van der Waals surface area (Å²) in [7, 11) is -3.62. The van der Waals surface area contributed by atoms with Crippen LogP contribution in [-0.4, -0.2) is 40.4 Å². The zero-order chi connectivity index (χ0) is 21.0. The third-order valence-electron chi connectivity index (χ3n) is 4.78. The molecule has 0 aromatic heterocycles. The highest BCUT2D eigenvalue weighted by molar-refractivity contribution is 7.89. The lowest BCUT2D eigenvalue weighted by Crippen LogP contribution is -2.31. The van der Waals surface area contributed by atoms with Gasteiger partial charge in [-0.1, -0.05) is 6.07 Å². The molecule has 158 valence electrons. The Labute approximate surface area is 174 Å². The van der Waals surface area contributed by atoms with Gasteiger partial charge in [-0.3, -0.25) is 4.79 Å². The van der Waals surface area contributed by atoms with Crippen LogP contribution in [0.25, 0.3) is 6.08 Å². The van der Waals surface area contributed by atoms with E-state index in [1.807, 2.05) is 6.07 Å². The first-order valence-electron chi connectivity index (χ1n) is 9.60. The van der Waals surface area contributed by atoms with Crippen molar-refractivity contribution in [2.75, 3.05) is 25.3 Å². The number of rotatable bonds is 7. The molecule has 2 aromatic rings. The van der Waals surface area contributed by atoms with Crippen molar-refractivity contribution >= 4 is 27.7 Å². The van der Waals surface area contributed by atoms with E-state index in [1.54, 1.807) is 30.3 Å². The van der Waals surface area contributed by atoms with Gasteiger partial charge in [-0.25, -0.2) is 13.1 Å². The van der Waals surface area contributed by atoms with Crippen molar-refractivity contribution in [1.82, 2.24) is 4.72 Å². The maximum Gasteiger partial charge on any atom is 0.248 e. The van der Waals surface area contributed by atoms with Crippen molar-refractivity contribution < 1.29 is 27.4 Å². The van der Waals surface area contributed by atoms with E-state index < -0.39 is 10.0 Å². The Morgan fingerprint density at radius 2 is 1.90 bits per heavy atom. The van der Waals surface area contributed by atoms with E-state index >= 15 is 0 Å². The predicted octanol–water partition coefficient (Wildman–Crippen LogP) is 2.52. The van der Waals surface area contributed by atoms with E-state index in [0.717, 1.165) is 18.4 Å². The van der Waals surface area contributed by atoms with E-state index in [4.69, 9.17) is 14.2 Å². The van der Waals surface area contributed by atoms with Gasteiger partial charge in [-0.05, 0) is 60.9 Å². The molecule has 0 aliphatic carbocycles. The highest BCUT2D eigenvalue weighted by Gasteiger charge is 2.20. The Morgan fingerprint density at radius 1 is 1.10 bits per heavy atom. The fourth-order valence-electron chi connectivity index (χ4n) is 3.18. The van der Waals surface area contributed by atoms with Crippen LogP contribution in [0.3, 0.4) is 0 Å². The van der Waals surface area contributed by atoms with Gasteiger partial charge in [0, 0.05) is 24.9 Å². The van der Waals surface area contributed by atoms with Gasteiger partial charge in [0.25, 0.3) is 0 Å². The van der Waals surface area contributed by atoms with Crippen LogP contribution >= 0.6 is 0 Å². The Bertz CT molecular complexity index is 1040. The number of hydrogen-bond acceptors (Lipinski definition) is 6. The fourth-order valence-corrected chi connectivity index (χ4v) is 4.25. The van der Waals surface area contributed by atoms with Gasteiger partial charge in [-0.2, -0.15) is 0 Å². The third kappa shape index (κ3) is 4.99. The molecule has 2 aliphatic rings. The Balaban J connectivity index is 1.32. The maximum atomic E-state index is 12.4. The summed E-state index contributed by atoms with van der Waals surface area (Å²) in [4.78, 5) is 12.3. The molecule has 0 unspecified atom stereocenters. The maximum absolute atomic E-state index is 12.4. The molecule has 30 heavy (non-hydrogen) atoms. The van der Waals surface area contributed by atoms with E-state index in [-0.39, 0.29) is 30.2 Å². The zero-order valence-corrected chi connectivity index (χ0v) is 17.0. The highest BCUT2D eigenvalue weighted by Crippen LogP contribution is 2.32. The van der Waals surface area contributed by atoms with Crippen LogP contribution in [0, 0.1) is 0 Å². The number of benzene rings is 2. The van der Waals surface area contributed by atoms with Gasteiger partial charge in [0.15, 0.2) is 11.5 Å². The van der Waals surface area contributed by atoms with Crippen LogP contribution in [0.4, 0.5) is 5.69 Å². The number of anilines is 1. The molecule has 1 amide bonds. The summed E-state index contributed by atoms with van der Waals surface area (Å²) in [6.07, 6.45) is 4.78. The van der Waals surface area contributed by atoms with Crippen molar-refractivity contribution in [2.24, 2.45) is 0 Å². The van der Waals surface area contributed by atoms with Crippen LogP contribution in [0.2, 0.25) is 0 Å². The monoisotopic (exact) mass is 430 g/mol. The zero-order valence-electron chi connectivity index (χ0n) is 16.2. The third-order valence-corrected chi connectivity index (χ3v) is 6.22. The summed E-state index contributed by atoms with van der Waals surface area (Å²) < 4.78 is 43.3. The Hall–Kier alpha value is -2.88. The molecule has 1 fully saturated rings. The summed E-state index contributed by atoms with van der Waals surface area (Å²) in [5.41, 5.74) is 1.29. The topological polar surface area (TPSA) is 103 Å². The minimum absolute atomic E-state index is 0.0742. The number of carbonyl (C=O) groups excluding carboxylic acids is 1. The van der Waals surface area contributed by atoms with E-state index in [0.29, 0.717) is 23.8 Å². The van der Waals surface area contributed by atoms with Crippen LogP contribution < -0.4 is 19.5 Å². The van der Waals surface area contributed by atoms with Crippen LogP contribution in [0.1, 0.15) is 18.4 Å². The van der Waals surface area contributed by atoms with Gasteiger partial charge in [-0.15, -0.1) is 0 Å². The molecular formula is C21H22N2O6S. The predicted molar refractivity (Wildman–Crippen MR) is 111 cm³/mol. The summed E-state index contributed by atoms with van der Waals surface area (Å²) in [5.74, 6) is 0.985. The first kappa shape index (κ1) is 20.4. The van der Waals surface area contributed by atoms with Gasteiger partial charge < -0.3 is 19.5 Å². The largest absolute Gasteiger partial charge is 0.454 e. The second-order valence-electron chi connectivity index (χ2n) is 6.95. The van der Waals surface area contributed by atoms with Crippen LogP contribution in [0.5, 0.6) is 11.5 Å².